The van der Waals surface area contributed by atoms with Crippen molar-refractivity contribution < 1.29 is 14.7 Å². The summed E-state index contributed by atoms with van der Waals surface area (Å²) < 4.78 is 0. The van der Waals surface area contributed by atoms with E-state index in [9.17, 15) is 14.7 Å². The highest BCUT2D eigenvalue weighted by molar-refractivity contribution is 5.87. The van der Waals surface area contributed by atoms with Crippen molar-refractivity contribution in [2.24, 2.45) is 17.3 Å². The molecule has 0 aliphatic heterocycles. The van der Waals surface area contributed by atoms with Crippen molar-refractivity contribution in [1.82, 2.24) is 4.90 Å². The maximum atomic E-state index is 12.7. The van der Waals surface area contributed by atoms with Gasteiger partial charge in [-0.25, -0.2) is 0 Å². The van der Waals surface area contributed by atoms with Gasteiger partial charge in [0, 0.05) is 31.8 Å². The highest BCUT2D eigenvalue weighted by Gasteiger charge is 2.55. The van der Waals surface area contributed by atoms with Crippen LogP contribution < -0.4 is 0 Å². The second-order valence-electron chi connectivity index (χ2n) is 11.7. The molecule has 2 saturated carbocycles. The number of hydrogen-bond donors (Lipinski definition) is 1. The van der Waals surface area contributed by atoms with Gasteiger partial charge in [-0.15, -0.1) is 0 Å². The molecule has 4 heteroatoms. The van der Waals surface area contributed by atoms with E-state index in [0.29, 0.717) is 41.6 Å². The molecule has 1 N–H and O–H groups in total. The minimum atomic E-state index is -0.100. The quantitative estimate of drug-likeness (QED) is 0.379. The number of phenolic OH excluding ortho intramolecular Hbond substituents is 1. The molecule has 4 nitrogen and oxygen atoms in total. The molecule has 1 aromatic carbocycles. The van der Waals surface area contributed by atoms with E-state index in [-0.39, 0.29) is 11.3 Å². The number of nitrogens with zero attached hydrogens (tertiary/aromatic N) is 1. The minimum absolute atomic E-state index is 0.100. The number of benzene rings is 1. The monoisotopic (exact) mass is 467 g/mol. The lowest BCUT2D eigenvalue weighted by molar-refractivity contribution is -0.130. The molecule has 0 radical (unpaired) electrons. The Kier molecular flexibility index (Phi) is 8.05. The third kappa shape index (κ3) is 5.06. The molecule has 5 atom stereocenters. The van der Waals surface area contributed by atoms with Crippen molar-refractivity contribution in [2.45, 2.75) is 109 Å². The Bertz CT molecular complexity index is 880. The van der Waals surface area contributed by atoms with Crippen molar-refractivity contribution in [1.29, 1.82) is 0 Å². The van der Waals surface area contributed by atoms with E-state index in [0.717, 1.165) is 83.6 Å². The summed E-state index contributed by atoms with van der Waals surface area (Å²) in [5.41, 5.74) is 2.71. The number of amides is 1. The number of fused-ring (bicyclic) bond motifs is 5. The first-order chi connectivity index (χ1) is 16.3. The summed E-state index contributed by atoms with van der Waals surface area (Å²) in [7, 11) is 1.93. The molecule has 0 spiro atoms. The zero-order valence-electron chi connectivity index (χ0n) is 21.7. The van der Waals surface area contributed by atoms with Gasteiger partial charge in [-0.1, -0.05) is 45.6 Å². The number of Topliss-reactive ketones (excluding diaryl/α,β-unsaturated/α-hetero) is 1. The number of aromatic hydroxyl groups is 1. The average Bonchev–Trinajstić information content (AvgIpc) is 3.13. The Balaban J connectivity index is 1.33. The minimum Gasteiger partial charge on any atom is -0.508 e. The number of carbonyl (C=O) groups excluding carboxylic acids is 2. The van der Waals surface area contributed by atoms with Crippen LogP contribution >= 0.6 is 0 Å². The van der Waals surface area contributed by atoms with Crippen molar-refractivity contribution in [3.8, 4) is 5.75 Å². The Labute approximate surface area is 206 Å². The van der Waals surface area contributed by atoms with E-state index >= 15 is 0 Å². The number of phenols is 1. The lowest BCUT2D eigenvalue weighted by atomic mass is 9.54. The highest BCUT2D eigenvalue weighted by atomic mass is 16.3. The van der Waals surface area contributed by atoms with Crippen molar-refractivity contribution in [3.05, 3.63) is 29.3 Å². The van der Waals surface area contributed by atoms with E-state index < -0.39 is 0 Å². The number of hydrogen-bond acceptors (Lipinski definition) is 3. The van der Waals surface area contributed by atoms with Gasteiger partial charge in [0.05, 0.1) is 0 Å². The Morgan fingerprint density at radius 3 is 2.71 bits per heavy atom. The number of rotatable bonds is 10. The van der Waals surface area contributed by atoms with E-state index in [1.165, 1.54) is 11.1 Å². The summed E-state index contributed by atoms with van der Waals surface area (Å²) >= 11 is 0. The summed E-state index contributed by atoms with van der Waals surface area (Å²) in [6.07, 6.45) is 13.5. The molecule has 1 amide bonds. The third-order valence-corrected chi connectivity index (χ3v) is 9.58. The molecule has 34 heavy (non-hydrogen) atoms. The topological polar surface area (TPSA) is 57.6 Å². The van der Waals surface area contributed by atoms with Gasteiger partial charge in [-0.2, -0.15) is 0 Å². The van der Waals surface area contributed by atoms with Gasteiger partial charge in [0.2, 0.25) is 5.91 Å². The maximum Gasteiger partial charge on any atom is 0.222 e. The van der Waals surface area contributed by atoms with Crippen LogP contribution in [0.5, 0.6) is 5.75 Å². The van der Waals surface area contributed by atoms with Crippen LogP contribution in [0.15, 0.2) is 18.2 Å². The van der Waals surface area contributed by atoms with Gasteiger partial charge >= 0.3 is 0 Å². The van der Waals surface area contributed by atoms with E-state index in [2.05, 4.69) is 19.9 Å². The van der Waals surface area contributed by atoms with Gasteiger partial charge < -0.3 is 10.0 Å². The highest BCUT2D eigenvalue weighted by Crippen LogP contribution is 2.61. The SMILES string of the molecule is CCCCN(C)C(=O)CCCCCC[C@H]1C[C@@H]2[C@H](CC[C@]3(C)C(=O)CC[C@@H]23)c2ccc(O)cc21. The zero-order chi connectivity index (χ0) is 24.3. The molecule has 3 aliphatic carbocycles. The molecular formula is C30H45NO3. The van der Waals surface area contributed by atoms with Crippen LogP contribution in [0.1, 0.15) is 120 Å². The summed E-state index contributed by atoms with van der Waals surface area (Å²) in [5.74, 6) is 3.31. The fourth-order valence-corrected chi connectivity index (χ4v) is 7.49. The lowest BCUT2D eigenvalue weighted by Crippen LogP contribution is -2.43. The largest absolute Gasteiger partial charge is 0.508 e. The molecule has 3 aliphatic rings. The smallest absolute Gasteiger partial charge is 0.222 e. The number of ketones is 1. The predicted octanol–water partition coefficient (Wildman–Crippen LogP) is 6.96. The third-order valence-electron chi connectivity index (χ3n) is 9.58. The Hall–Kier alpha value is -1.84. The molecule has 2 fully saturated rings. The molecular weight excluding hydrogens is 422 g/mol. The van der Waals surface area contributed by atoms with Gasteiger partial charge in [-0.3, -0.25) is 9.59 Å². The van der Waals surface area contributed by atoms with Gasteiger partial charge in [0.15, 0.2) is 0 Å². The summed E-state index contributed by atoms with van der Waals surface area (Å²) in [4.78, 5) is 26.9. The average molecular weight is 468 g/mol. The molecule has 0 aromatic heterocycles. The van der Waals surface area contributed by atoms with E-state index in [1.54, 1.807) is 0 Å². The molecule has 0 unspecified atom stereocenters. The second-order valence-corrected chi connectivity index (χ2v) is 11.7. The van der Waals surface area contributed by atoms with Gasteiger partial charge in [0.1, 0.15) is 11.5 Å². The first-order valence-corrected chi connectivity index (χ1v) is 13.9. The van der Waals surface area contributed by atoms with E-state index in [4.69, 9.17) is 0 Å². The van der Waals surface area contributed by atoms with Crippen molar-refractivity contribution in [3.63, 3.8) is 0 Å². The van der Waals surface area contributed by atoms with Crippen LogP contribution in [0.25, 0.3) is 0 Å². The van der Waals surface area contributed by atoms with Gasteiger partial charge in [0.25, 0.3) is 0 Å². The zero-order valence-corrected chi connectivity index (χ0v) is 21.7. The van der Waals surface area contributed by atoms with Crippen LogP contribution in [0.4, 0.5) is 0 Å². The summed E-state index contributed by atoms with van der Waals surface area (Å²) in [6.45, 7) is 5.27. The molecule has 1 aromatic rings. The first kappa shape index (κ1) is 25.3. The van der Waals surface area contributed by atoms with Crippen LogP contribution in [-0.4, -0.2) is 35.3 Å². The van der Waals surface area contributed by atoms with Crippen LogP contribution in [-0.2, 0) is 9.59 Å². The molecule has 4 rings (SSSR count). The molecule has 0 saturated heterocycles. The van der Waals surface area contributed by atoms with Crippen molar-refractivity contribution >= 4 is 11.7 Å². The Morgan fingerprint density at radius 1 is 1.12 bits per heavy atom. The first-order valence-electron chi connectivity index (χ1n) is 13.9. The van der Waals surface area contributed by atoms with Crippen molar-refractivity contribution in [2.75, 3.05) is 13.6 Å². The number of unbranched alkanes of at least 4 members (excludes halogenated alkanes) is 4. The standard InChI is InChI=1S/C30H45NO3/c1-4-5-18-31(3)29(34)11-9-7-6-8-10-21-19-26-24(23-13-12-22(32)20-25(21)23)16-17-30(2)27(26)14-15-28(30)33/h12-13,20-21,24,26-27,32H,4-11,14-19H2,1-3H3/t21-,24+,26+,27-,30-/m0/s1. The summed E-state index contributed by atoms with van der Waals surface area (Å²) in [5, 5.41) is 10.2. The van der Waals surface area contributed by atoms with Crippen LogP contribution in [0.3, 0.4) is 0 Å². The second kappa shape index (κ2) is 10.8. The van der Waals surface area contributed by atoms with E-state index in [1.807, 2.05) is 24.1 Å². The summed E-state index contributed by atoms with van der Waals surface area (Å²) in [6, 6.07) is 6.06. The maximum absolute atomic E-state index is 12.7. The lowest BCUT2D eigenvalue weighted by Gasteiger charge is -2.50. The molecule has 0 bridgehead atoms. The fraction of sp³-hybridized carbons (Fsp3) is 0.733. The van der Waals surface area contributed by atoms with Crippen LogP contribution in [0, 0.1) is 17.3 Å². The Morgan fingerprint density at radius 2 is 1.91 bits per heavy atom. The fourth-order valence-electron chi connectivity index (χ4n) is 7.49. The normalized spacial score (nSPS) is 29.9. The predicted molar refractivity (Wildman–Crippen MR) is 137 cm³/mol. The van der Waals surface area contributed by atoms with Gasteiger partial charge in [-0.05, 0) is 91.9 Å². The number of carbonyl (C=O) groups is 2. The molecule has 0 heterocycles. The van der Waals surface area contributed by atoms with Crippen LogP contribution in [0.2, 0.25) is 0 Å². The molecule has 188 valence electrons.